The van der Waals surface area contributed by atoms with E-state index in [1.165, 1.54) is 12.1 Å². The van der Waals surface area contributed by atoms with Crippen molar-refractivity contribution in [2.24, 2.45) is 0 Å². The lowest BCUT2D eigenvalue weighted by atomic mass is 10.1. The highest BCUT2D eigenvalue weighted by Crippen LogP contribution is 2.35. The molecule has 0 unspecified atom stereocenters. The first-order valence-corrected chi connectivity index (χ1v) is 6.75. The summed E-state index contributed by atoms with van der Waals surface area (Å²) in [6, 6.07) is 4.69. The highest BCUT2D eigenvalue weighted by molar-refractivity contribution is 6.35. The second kappa shape index (κ2) is 6.12. The number of benzene rings is 1. The van der Waals surface area contributed by atoms with Crippen LogP contribution in [0.1, 0.15) is 5.69 Å². The van der Waals surface area contributed by atoms with Gasteiger partial charge in [-0.25, -0.2) is 4.39 Å². The van der Waals surface area contributed by atoms with Crippen molar-refractivity contribution in [2.75, 3.05) is 31.1 Å². The summed E-state index contributed by atoms with van der Waals surface area (Å²) >= 11 is 6.43. The minimum Gasteiger partial charge on any atom is -0.367 e. The van der Waals surface area contributed by atoms with Gasteiger partial charge in [0.1, 0.15) is 5.82 Å². The number of fused-ring (bicyclic) bond motifs is 1. The molecule has 0 saturated carbocycles. The summed E-state index contributed by atoms with van der Waals surface area (Å²) in [5, 5.41) is 4.90. The summed E-state index contributed by atoms with van der Waals surface area (Å²) in [6.07, 6.45) is 0. The van der Waals surface area contributed by atoms with Gasteiger partial charge < -0.3 is 10.2 Å². The van der Waals surface area contributed by atoms with Gasteiger partial charge in [-0.15, -0.1) is 12.4 Å². The van der Waals surface area contributed by atoms with Crippen molar-refractivity contribution in [2.45, 2.75) is 6.92 Å². The van der Waals surface area contributed by atoms with E-state index in [1.807, 2.05) is 6.92 Å². The number of aryl methyl sites for hydroxylation is 1. The van der Waals surface area contributed by atoms with Gasteiger partial charge in [-0.05, 0) is 19.1 Å². The molecule has 0 atom stereocenters. The van der Waals surface area contributed by atoms with Crippen molar-refractivity contribution >= 4 is 40.6 Å². The maximum atomic E-state index is 13.3. The Morgan fingerprint density at radius 1 is 1.30 bits per heavy atom. The summed E-state index contributed by atoms with van der Waals surface area (Å²) in [7, 11) is 0. The topological polar surface area (TPSA) is 28.2 Å². The number of aromatic nitrogens is 1. The smallest absolute Gasteiger partial charge is 0.125 e. The molecule has 1 fully saturated rings. The van der Waals surface area contributed by atoms with Gasteiger partial charge in [0.05, 0.1) is 21.9 Å². The predicted molar refractivity (Wildman–Crippen MR) is 83.8 cm³/mol. The molecular formula is C14H16Cl2FN3. The van der Waals surface area contributed by atoms with E-state index in [0.717, 1.165) is 42.9 Å². The molecule has 108 valence electrons. The van der Waals surface area contributed by atoms with E-state index in [9.17, 15) is 4.39 Å². The lowest BCUT2D eigenvalue weighted by molar-refractivity contribution is 0.590. The minimum atomic E-state index is -0.270. The number of nitrogens with one attached hydrogen (secondary N) is 1. The average molecular weight is 316 g/mol. The van der Waals surface area contributed by atoms with Crippen molar-refractivity contribution < 1.29 is 4.39 Å². The zero-order valence-corrected chi connectivity index (χ0v) is 12.7. The summed E-state index contributed by atoms with van der Waals surface area (Å²) < 4.78 is 13.3. The van der Waals surface area contributed by atoms with E-state index in [4.69, 9.17) is 11.6 Å². The number of hydrogen-bond donors (Lipinski definition) is 1. The van der Waals surface area contributed by atoms with Gasteiger partial charge in [-0.1, -0.05) is 11.6 Å². The number of piperazine rings is 1. The highest BCUT2D eigenvalue weighted by atomic mass is 35.5. The number of hydrogen-bond acceptors (Lipinski definition) is 3. The molecule has 0 radical (unpaired) electrons. The number of pyridine rings is 1. The van der Waals surface area contributed by atoms with Crippen LogP contribution < -0.4 is 10.2 Å². The van der Waals surface area contributed by atoms with Gasteiger partial charge in [0, 0.05) is 37.6 Å². The Balaban J connectivity index is 0.00000147. The van der Waals surface area contributed by atoms with E-state index >= 15 is 0 Å². The molecule has 20 heavy (non-hydrogen) atoms. The Bertz CT molecular complexity index is 627. The fourth-order valence-corrected chi connectivity index (χ4v) is 2.78. The minimum absolute atomic E-state index is 0. The molecule has 1 aromatic heterocycles. The van der Waals surface area contributed by atoms with Crippen LogP contribution in [0.5, 0.6) is 0 Å². The van der Waals surface area contributed by atoms with Crippen LogP contribution in [0.2, 0.25) is 5.02 Å². The molecule has 1 N–H and O–H groups in total. The number of halogens is 3. The zero-order valence-electron chi connectivity index (χ0n) is 11.1. The van der Waals surface area contributed by atoms with E-state index in [2.05, 4.69) is 15.2 Å². The molecule has 6 heteroatoms. The first-order valence-electron chi connectivity index (χ1n) is 6.38. The quantitative estimate of drug-likeness (QED) is 0.876. The number of anilines is 1. The summed E-state index contributed by atoms with van der Waals surface area (Å²) in [5.41, 5.74) is 2.38. The molecule has 2 aromatic rings. The van der Waals surface area contributed by atoms with Crippen LogP contribution in [-0.2, 0) is 0 Å². The van der Waals surface area contributed by atoms with Crippen molar-refractivity contribution in [3.63, 3.8) is 0 Å². The van der Waals surface area contributed by atoms with Crippen molar-refractivity contribution in [1.29, 1.82) is 0 Å². The largest absolute Gasteiger partial charge is 0.367 e. The normalized spacial score (nSPS) is 15.2. The van der Waals surface area contributed by atoms with Crippen LogP contribution in [0, 0.1) is 12.7 Å². The molecule has 1 aliphatic heterocycles. The standard InChI is InChI=1S/C14H15ClFN3.ClH/c1-9-13(15)14(19-6-4-17-5-7-19)11-3-2-10(16)8-12(11)18-9;/h2-3,8,17H,4-7H2,1H3;1H. The van der Waals surface area contributed by atoms with Gasteiger partial charge in [0.25, 0.3) is 0 Å². The monoisotopic (exact) mass is 315 g/mol. The second-order valence-electron chi connectivity index (χ2n) is 4.76. The number of nitrogens with zero attached hydrogens (tertiary/aromatic N) is 2. The molecule has 0 amide bonds. The van der Waals surface area contributed by atoms with E-state index in [0.29, 0.717) is 10.5 Å². The highest BCUT2D eigenvalue weighted by Gasteiger charge is 2.19. The summed E-state index contributed by atoms with van der Waals surface area (Å²) in [5.74, 6) is -0.270. The molecule has 0 aliphatic carbocycles. The van der Waals surface area contributed by atoms with Gasteiger partial charge in [0.2, 0.25) is 0 Å². The zero-order chi connectivity index (χ0) is 13.4. The second-order valence-corrected chi connectivity index (χ2v) is 5.14. The molecule has 0 bridgehead atoms. The Labute approximate surface area is 128 Å². The SMILES string of the molecule is Cc1nc2cc(F)ccc2c(N2CCNCC2)c1Cl.Cl. The van der Waals surface area contributed by atoms with Crippen LogP contribution in [0.25, 0.3) is 10.9 Å². The van der Waals surface area contributed by atoms with Crippen LogP contribution in [0.3, 0.4) is 0 Å². The predicted octanol–water partition coefficient (Wildman–Crippen LogP) is 3.17. The molecule has 0 spiro atoms. The third kappa shape index (κ3) is 2.68. The fourth-order valence-electron chi connectivity index (χ4n) is 2.51. The van der Waals surface area contributed by atoms with Crippen molar-refractivity contribution in [3.8, 4) is 0 Å². The first kappa shape index (κ1) is 15.3. The molecular weight excluding hydrogens is 300 g/mol. The van der Waals surface area contributed by atoms with Crippen molar-refractivity contribution in [3.05, 3.63) is 34.7 Å². The van der Waals surface area contributed by atoms with Gasteiger partial charge in [-0.2, -0.15) is 0 Å². The van der Waals surface area contributed by atoms with E-state index < -0.39 is 0 Å². The third-order valence-electron chi connectivity index (χ3n) is 3.46. The average Bonchev–Trinajstić information content (AvgIpc) is 2.41. The van der Waals surface area contributed by atoms with E-state index in [-0.39, 0.29) is 18.2 Å². The molecule has 2 heterocycles. The van der Waals surface area contributed by atoms with Crippen LogP contribution in [0.4, 0.5) is 10.1 Å². The third-order valence-corrected chi connectivity index (χ3v) is 3.91. The molecule has 1 aromatic carbocycles. The van der Waals surface area contributed by atoms with Crippen molar-refractivity contribution in [1.82, 2.24) is 10.3 Å². The lowest BCUT2D eigenvalue weighted by Gasteiger charge is -2.31. The van der Waals surface area contributed by atoms with Gasteiger partial charge >= 0.3 is 0 Å². The van der Waals surface area contributed by atoms with Gasteiger partial charge in [0.15, 0.2) is 0 Å². The lowest BCUT2D eigenvalue weighted by Crippen LogP contribution is -2.43. The Morgan fingerprint density at radius 3 is 2.70 bits per heavy atom. The fraction of sp³-hybridized carbons (Fsp3) is 0.357. The summed E-state index contributed by atoms with van der Waals surface area (Å²) in [4.78, 5) is 6.62. The molecule has 3 rings (SSSR count). The van der Waals surface area contributed by atoms with Crippen LogP contribution >= 0.6 is 24.0 Å². The summed E-state index contributed by atoms with van der Waals surface area (Å²) in [6.45, 7) is 5.52. The Kier molecular flexibility index (Phi) is 4.68. The molecule has 3 nitrogen and oxygen atoms in total. The van der Waals surface area contributed by atoms with Gasteiger partial charge in [-0.3, -0.25) is 4.98 Å². The number of rotatable bonds is 1. The first-order chi connectivity index (χ1) is 9.16. The van der Waals surface area contributed by atoms with E-state index in [1.54, 1.807) is 6.07 Å². The maximum Gasteiger partial charge on any atom is 0.125 e. The van der Waals surface area contributed by atoms with Crippen LogP contribution in [0.15, 0.2) is 18.2 Å². The molecule has 1 saturated heterocycles. The Morgan fingerprint density at radius 2 is 2.00 bits per heavy atom. The maximum absolute atomic E-state index is 13.3. The Hall–Kier alpha value is -1.10. The molecule has 1 aliphatic rings. The van der Waals surface area contributed by atoms with Crippen LogP contribution in [-0.4, -0.2) is 31.2 Å².